The summed E-state index contributed by atoms with van der Waals surface area (Å²) in [7, 11) is 0. The summed E-state index contributed by atoms with van der Waals surface area (Å²) in [5.41, 5.74) is 0.630. The van der Waals surface area contributed by atoms with Crippen molar-refractivity contribution in [1.29, 1.82) is 0 Å². The van der Waals surface area contributed by atoms with E-state index >= 15 is 0 Å². The van der Waals surface area contributed by atoms with E-state index in [0.29, 0.717) is 10.6 Å². The lowest BCUT2D eigenvalue weighted by Gasteiger charge is -2.10. The Bertz CT molecular complexity index is 891. The zero-order valence-corrected chi connectivity index (χ0v) is 10.9. The summed E-state index contributed by atoms with van der Waals surface area (Å²) >= 11 is 5.84. The second-order valence-corrected chi connectivity index (χ2v) is 4.86. The average Bonchev–Trinajstić information content (AvgIpc) is 2.74. The summed E-state index contributed by atoms with van der Waals surface area (Å²) in [5.74, 6) is -0.367. The molecule has 0 aliphatic rings. The van der Waals surface area contributed by atoms with Crippen LogP contribution in [0, 0.1) is 13.8 Å². The molecule has 2 N–H and O–H groups in total. The lowest BCUT2D eigenvalue weighted by atomic mass is 10.1. The van der Waals surface area contributed by atoms with Crippen molar-refractivity contribution < 1.29 is 14.6 Å². The minimum atomic E-state index is -0.438. The lowest BCUT2D eigenvalue weighted by molar-refractivity contribution is 0.442. The first-order valence-electron chi connectivity index (χ1n) is 5.57. The quantitative estimate of drug-likeness (QED) is 0.663. The summed E-state index contributed by atoms with van der Waals surface area (Å²) in [6.45, 7) is 3.15. The van der Waals surface area contributed by atoms with Crippen molar-refractivity contribution in [3.63, 3.8) is 0 Å². The normalized spacial score (nSPS) is 11.5. The van der Waals surface area contributed by atoms with Crippen molar-refractivity contribution in [3.8, 4) is 11.5 Å². The van der Waals surface area contributed by atoms with E-state index in [-0.39, 0.29) is 33.7 Å². The number of aromatic nitrogens is 1. The van der Waals surface area contributed by atoms with Crippen LogP contribution in [0.15, 0.2) is 21.5 Å². The maximum Gasteiger partial charge on any atom is 0.272 e. The molecule has 2 aromatic heterocycles. The van der Waals surface area contributed by atoms with Gasteiger partial charge in [0.25, 0.3) is 5.56 Å². The van der Waals surface area contributed by atoms with Gasteiger partial charge in [-0.2, -0.15) is 0 Å². The highest BCUT2D eigenvalue weighted by atomic mass is 35.5. The fraction of sp³-hybridized carbons (Fsp3) is 0.154. The largest absolute Gasteiger partial charge is 0.507 e. The van der Waals surface area contributed by atoms with Gasteiger partial charge in [0, 0.05) is 23.4 Å². The number of phenolic OH excluding ortho intramolecular Hbond substituents is 2. The highest BCUT2D eigenvalue weighted by molar-refractivity contribution is 6.30. The van der Waals surface area contributed by atoms with Gasteiger partial charge in [0.15, 0.2) is 5.58 Å². The van der Waals surface area contributed by atoms with Gasteiger partial charge in [-0.05, 0) is 13.8 Å². The van der Waals surface area contributed by atoms with Gasteiger partial charge in [-0.3, -0.25) is 9.20 Å². The molecule has 3 rings (SSSR count). The molecule has 3 aromatic rings. The minimum absolute atomic E-state index is 0.0348. The average molecular weight is 280 g/mol. The van der Waals surface area contributed by atoms with E-state index in [0.717, 1.165) is 0 Å². The summed E-state index contributed by atoms with van der Waals surface area (Å²) in [4.78, 5) is 12.3. The summed E-state index contributed by atoms with van der Waals surface area (Å²) in [5, 5.41) is 20.3. The summed E-state index contributed by atoms with van der Waals surface area (Å²) in [6, 6.07) is 1.50. The van der Waals surface area contributed by atoms with Gasteiger partial charge >= 0.3 is 0 Å². The van der Waals surface area contributed by atoms with Crippen molar-refractivity contribution in [3.05, 3.63) is 38.8 Å². The smallest absolute Gasteiger partial charge is 0.272 e. The molecule has 0 amide bonds. The Morgan fingerprint density at radius 2 is 1.89 bits per heavy atom. The molecule has 0 fully saturated rings. The van der Waals surface area contributed by atoms with Gasteiger partial charge < -0.3 is 14.6 Å². The van der Waals surface area contributed by atoms with Crippen LogP contribution >= 0.6 is 11.6 Å². The third-order valence-electron chi connectivity index (χ3n) is 3.26. The van der Waals surface area contributed by atoms with Crippen LogP contribution < -0.4 is 5.56 Å². The molecular weight excluding hydrogens is 270 g/mol. The van der Waals surface area contributed by atoms with E-state index in [4.69, 9.17) is 16.0 Å². The summed E-state index contributed by atoms with van der Waals surface area (Å²) in [6.07, 6.45) is 1.42. The van der Waals surface area contributed by atoms with Crippen molar-refractivity contribution in [2.45, 2.75) is 13.8 Å². The number of aryl methyl sites for hydroxylation is 1. The Kier molecular flexibility index (Phi) is 2.31. The standard InChI is InChI=1S/C13H10ClNO4/c1-5-10(16)6(2)12-9(11(5)17)13(18)15-4-7(14)3-8(15)19-12/h3-4,16-17H,1-2H3. The lowest BCUT2D eigenvalue weighted by Crippen LogP contribution is -2.12. The molecule has 6 heteroatoms. The van der Waals surface area contributed by atoms with Crippen LogP contribution in [0.4, 0.5) is 0 Å². The Hall–Kier alpha value is -2.14. The van der Waals surface area contributed by atoms with Crippen LogP contribution in [0.25, 0.3) is 16.7 Å². The summed E-state index contributed by atoms with van der Waals surface area (Å²) < 4.78 is 6.78. The van der Waals surface area contributed by atoms with Crippen LogP contribution in [-0.2, 0) is 0 Å². The Morgan fingerprint density at radius 3 is 2.58 bits per heavy atom. The molecule has 0 saturated heterocycles. The van der Waals surface area contributed by atoms with E-state index in [9.17, 15) is 15.0 Å². The number of hydrogen-bond acceptors (Lipinski definition) is 4. The first-order valence-corrected chi connectivity index (χ1v) is 5.95. The Balaban J connectivity index is 2.69. The number of hydrogen-bond donors (Lipinski definition) is 2. The predicted octanol–water partition coefficient (Wildman–Crippen LogP) is 2.73. The molecule has 0 aliphatic carbocycles. The molecule has 98 valence electrons. The molecule has 0 aliphatic heterocycles. The van der Waals surface area contributed by atoms with Gasteiger partial charge in [0.05, 0.1) is 5.02 Å². The fourth-order valence-corrected chi connectivity index (χ4v) is 2.37. The van der Waals surface area contributed by atoms with Crippen molar-refractivity contribution >= 4 is 28.3 Å². The maximum atomic E-state index is 12.3. The molecule has 0 spiro atoms. The minimum Gasteiger partial charge on any atom is -0.507 e. The van der Waals surface area contributed by atoms with Crippen LogP contribution in [0.1, 0.15) is 11.1 Å². The van der Waals surface area contributed by atoms with E-state index in [1.807, 2.05) is 0 Å². The third kappa shape index (κ3) is 1.45. The molecule has 19 heavy (non-hydrogen) atoms. The highest BCUT2D eigenvalue weighted by Crippen LogP contribution is 2.37. The SMILES string of the molecule is Cc1c(O)c(C)c2oc3cc(Cl)cn3c(=O)c2c1O. The van der Waals surface area contributed by atoms with Gasteiger partial charge in [-0.25, -0.2) is 0 Å². The Morgan fingerprint density at radius 1 is 1.21 bits per heavy atom. The van der Waals surface area contributed by atoms with Crippen molar-refractivity contribution in [2.75, 3.05) is 0 Å². The second kappa shape index (κ2) is 3.68. The van der Waals surface area contributed by atoms with Crippen LogP contribution in [-0.4, -0.2) is 14.6 Å². The predicted molar refractivity (Wildman–Crippen MR) is 71.3 cm³/mol. The van der Waals surface area contributed by atoms with E-state index in [2.05, 4.69) is 0 Å². The molecule has 0 saturated carbocycles. The molecular formula is C13H10ClNO4. The van der Waals surface area contributed by atoms with E-state index in [1.165, 1.54) is 23.6 Å². The molecule has 0 bridgehead atoms. The zero-order chi connectivity index (χ0) is 13.9. The fourth-order valence-electron chi connectivity index (χ4n) is 2.18. The molecule has 0 unspecified atom stereocenters. The first-order chi connectivity index (χ1) is 8.91. The van der Waals surface area contributed by atoms with Crippen LogP contribution in [0.2, 0.25) is 5.02 Å². The molecule has 2 heterocycles. The molecule has 1 aromatic carbocycles. The number of aromatic hydroxyl groups is 2. The monoisotopic (exact) mass is 279 g/mol. The number of fused-ring (bicyclic) bond motifs is 2. The maximum absolute atomic E-state index is 12.3. The number of phenols is 2. The van der Waals surface area contributed by atoms with Crippen molar-refractivity contribution in [1.82, 2.24) is 4.40 Å². The molecule has 0 radical (unpaired) electrons. The number of halogens is 1. The van der Waals surface area contributed by atoms with Crippen LogP contribution in [0.3, 0.4) is 0 Å². The molecule has 5 nitrogen and oxygen atoms in total. The van der Waals surface area contributed by atoms with Crippen molar-refractivity contribution in [2.24, 2.45) is 0 Å². The highest BCUT2D eigenvalue weighted by Gasteiger charge is 2.20. The van der Waals surface area contributed by atoms with Gasteiger partial charge in [-0.15, -0.1) is 0 Å². The Labute approximate surface area is 112 Å². The number of benzene rings is 1. The third-order valence-corrected chi connectivity index (χ3v) is 3.47. The number of rotatable bonds is 0. The van der Waals surface area contributed by atoms with Crippen LogP contribution in [0.5, 0.6) is 11.5 Å². The van der Waals surface area contributed by atoms with E-state index < -0.39 is 5.56 Å². The number of nitrogens with zero attached hydrogens (tertiary/aromatic N) is 1. The van der Waals surface area contributed by atoms with E-state index in [1.54, 1.807) is 6.92 Å². The second-order valence-electron chi connectivity index (χ2n) is 4.43. The van der Waals surface area contributed by atoms with Gasteiger partial charge in [0.1, 0.15) is 16.9 Å². The zero-order valence-electron chi connectivity index (χ0n) is 10.2. The van der Waals surface area contributed by atoms with Gasteiger partial charge in [-0.1, -0.05) is 11.6 Å². The molecule has 0 atom stereocenters. The topological polar surface area (TPSA) is 75.1 Å². The first kappa shape index (κ1) is 11.9. The van der Waals surface area contributed by atoms with Gasteiger partial charge in [0.2, 0.25) is 5.71 Å².